The minimum absolute atomic E-state index is 0.0277. The number of carbonyl (C=O) groups excluding carboxylic acids is 3. The van der Waals surface area contributed by atoms with Crippen LogP contribution in [0.3, 0.4) is 0 Å². The molecule has 6 heteroatoms. The van der Waals surface area contributed by atoms with E-state index >= 15 is 0 Å². The zero-order chi connectivity index (χ0) is 18.5. The molecular weight excluding hydrogens is 306 g/mol. The van der Waals surface area contributed by atoms with E-state index in [-0.39, 0.29) is 11.3 Å². The molecule has 1 aromatic rings. The van der Waals surface area contributed by atoms with E-state index in [0.29, 0.717) is 11.4 Å². The fourth-order valence-electron chi connectivity index (χ4n) is 2.80. The number of rotatable bonds is 4. The van der Waals surface area contributed by atoms with Gasteiger partial charge in [0.1, 0.15) is 0 Å². The Balaban J connectivity index is 2.71. The molecule has 0 heterocycles. The average molecular weight is 333 g/mol. The van der Waals surface area contributed by atoms with Crippen molar-refractivity contribution in [2.75, 3.05) is 10.6 Å². The molecule has 0 aliphatic carbocycles. The van der Waals surface area contributed by atoms with Gasteiger partial charge in [-0.1, -0.05) is 26.8 Å². The Labute approximate surface area is 143 Å². The number of hydrogen-bond acceptors (Lipinski definition) is 3. The van der Waals surface area contributed by atoms with Crippen LogP contribution in [-0.4, -0.2) is 23.3 Å². The zero-order valence-corrected chi connectivity index (χ0v) is 15.2. The molecule has 0 bridgehead atoms. The Bertz CT molecular complexity index is 631. The number of anilines is 2. The van der Waals surface area contributed by atoms with E-state index in [1.165, 1.54) is 6.92 Å². The van der Waals surface area contributed by atoms with E-state index in [1.807, 2.05) is 13.8 Å². The third kappa shape index (κ3) is 7.26. The van der Waals surface area contributed by atoms with Crippen molar-refractivity contribution in [2.45, 2.75) is 53.5 Å². The second-order valence-electron chi connectivity index (χ2n) is 7.79. The lowest BCUT2D eigenvalue weighted by Crippen LogP contribution is -2.49. The molecule has 0 radical (unpaired) electrons. The molecule has 0 saturated heterocycles. The lowest BCUT2D eigenvalue weighted by Gasteiger charge is -2.33. The van der Waals surface area contributed by atoms with Gasteiger partial charge in [0, 0.05) is 23.8 Å². The summed E-state index contributed by atoms with van der Waals surface area (Å²) in [5, 5.41) is 7.92. The van der Waals surface area contributed by atoms with Crippen LogP contribution in [0.15, 0.2) is 24.3 Å². The van der Waals surface area contributed by atoms with Crippen molar-refractivity contribution in [2.24, 2.45) is 5.41 Å². The number of carbonyl (C=O) groups is 3. The standard InChI is InChI=1S/C18H27N3O3/c1-12(22)19-13-8-7-9-14(10-13)20-15(23)16(24)21-18(5,6)11-17(2,3)4/h7-10H,11H2,1-6H3,(H,19,22)(H,20,23)(H,21,24). The first kappa shape index (κ1) is 19.7. The van der Waals surface area contributed by atoms with Gasteiger partial charge in [0.05, 0.1) is 0 Å². The summed E-state index contributed by atoms with van der Waals surface area (Å²) in [6.07, 6.45) is 0.733. The summed E-state index contributed by atoms with van der Waals surface area (Å²) in [6, 6.07) is 6.62. The summed E-state index contributed by atoms with van der Waals surface area (Å²) < 4.78 is 0. The summed E-state index contributed by atoms with van der Waals surface area (Å²) in [4.78, 5) is 35.3. The summed E-state index contributed by atoms with van der Waals surface area (Å²) in [5.41, 5.74) is 0.522. The highest BCUT2D eigenvalue weighted by Gasteiger charge is 2.29. The van der Waals surface area contributed by atoms with Gasteiger partial charge in [-0.25, -0.2) is 0 Å². The third-order valence-electron chi connectivity index (χ3n) is 3.07. The molecule has 0 atom stereocenters. The Morgan fingerprint density at radius 1 is 0.917 bits per heavy atom. The van der Waals surface area contributed by atoms with Crippen molar-refractivity contribution in [3.63, 3.8) is 0 Å². The first-order chi connectivity index (χ1) is 10.9. The molecule has 0 aliphatic heterocycles. The Kier molecular flexibility index (Phi) is 6.12. The molecule has 0 spiro atoms. The number of hydrogen-bond donors (Lipinski definition) is 3. The van der Waals surface area contributed by atoms with Crippen LogP contribution >= 0.6 is 0 Å². The molecule has 0 aromatic heterocycles. The molecule has 3 amide bonds. The predicted octanol–water partition coefficient (Wildman–Crippen LogP) is 2.91. The zero-order valence-electron chi connectivity index (χ0n) is 15.2. The van der Waals surface area contributed by atoms with E-state index in [9.17, 15) is 14.4 Å². The minimum Gasteiger partial charge on any atom is -0.343 e. The van der Waals surface area contributed by atoms with Gasteiger partial charge in [-0.05, 0) is 43.9 Å². The van der Waals surface area contributed by atoms with Crippen molar-refractivity contribution in [1.82, 2.24) is 5.32 Å². The van der Waals surface area contributed by atoms with Gasteiger partial charge in [0.15, 0.2) is 0 Å². The fraction of sp³-hybridized carbons (Fsp3) is 0.500. The largest absolute Gasteiger partial charge is 0.343 e. The smallest absolute Gasteiger partial charge is 0.313 e. The van der Waals surface area contributed by atoms with E-state index < -0.39 is 17.4 Å². The van der Waals surface area contributed by atoms with Crippen LogP contribution in [0.1, 0.15) is 48.0 Å². The van der Waals surface area contributed by atoms with Gasteiger partial charge < -0.3 is 16.0 Å². The van der Waals surface area contributed by atoms with Crippen LogP contribution in [-0.2, 0) is 14.4 Å². The van der Waals surface area contributed by atoms with Crippen LogP contribution < -0.4 is 16.0 Å². The molecule has 24 heavy (non-hydrogen) atoms. The summed E-state index contributed by atoms with van der Waals surface area (Å²) >= 11 is 0. The highest BCUT2D eigenvalue weighted by atomic mass is 16.2. The van der Waals surface area contributed by atoms with Crippen molar-refractivity contribution in [3.8, 4) is 0 Å². The Hall–Kier alpha value is -2.37. The van der Waals surface area contributed by atoms with Crippen LogP contribution in [0.2, 0.25) is 0 Å². The van der Waals surface area contributed by atoms with E-state index in [1.54, 1.807) is 24.3 Å². The normalized spacial score (nSPS) is 11.6. The van der Waals surface area contributed by atoms with Crippen LogP contribution in [0.25, 0.3) is 0 Å². The van der Waals surface area contributed by atoms with Crippen molar-refractivity contribution >= 4 is 29.1 Å². The maximum absolute atomic E-state index is 12.1. The Morgan fingerprint density at radius 3 is 1.96 bits per heavy atom. The fourth-order valence-corrected chi connectivity index (χ4v) is 2.80. The summed E-state index contributed by atoms with van der Waals surface area (Å²) in [7, 11) is 0. The van der Waals surface area contributed by atoms with Crippen LogP contribution in [0.5, 0.6) is 0 Å². The molecule has 3 N–H and O–H groups in total. The van der Waals surface area contributed by atoms with Gasteiger partial charge >= 0.3 is 11.8 Å². The first-order valence-electron chi connectivity index (χ1n) is 7.89. The van der Waals surface area contributed by atoms with Crippen molar-refractivity contribution < 1.29 is 14.4 Å². The summed E-state index contributed by atoms with van der Waals surface area (Å²) in [6.45, 7) is 11.4. The van der Waals surface area contributed by atoms with E-state index in [0.717, 1.165) is 6.42 Å². The molecule has 6 nitrogen and oxygen atoms in total. The van der Waals surface area contributed by atoms with Crippen LogP contribution in [0.4, 0.5) is 11.4 Å². The predicted molar refractivity (Wildman–Crippen MR) is 95.7 cm³/mol. The maximum Gasteiger partial charge on any atom is 0.313 e. The Morgan fingerprint density at radius 2 is 1.46 bits per heavy atom. The van der Waals surface area contributed by atoms with Gasteiger partial charge in [-0.15, -0.1) is 0 Å². The van der Waals surface area contributed by atoms with E-state index in [2.05, 4.69) is 36.7 Å². The van der Waals surface area contributed by atoms with Crippen molar-refractivity contribution in [3.05, 3.63) is 24.3 Å². The molecule has 0 aliphatic rings. The van der Waals surface area contributed by atoms with Gasteiger partial charge in [-0.2, -0.15) is 0 Å². The van der Waals surface area contributed by atoms with Crippen LogP contribution in [0, 0.1) is 5.41 Å². The molecule has 1 aromatic carbocycles. The average Bonchev–Trinajstić information content (AvgIpc) is 2.34. The summed E-state index contributed by atoms with van der Waals surface area (Å²) in [5.74, 6) is -1.63. The van der Waals surface area contributed by atoms with Crippen molar-refractivity contribution in [1.29, 1.82) is 0 Å². The topological polar surface area (TPSA) is 87.3 Å². The maximum atomic E-state index is 12.1. The molecule has 0 unspecified atom stereocenters. The molecule has 0 fully saturated rings. The van der Waals surface area contributed by atoms with Gasteiger partial charge in [0.25, 0.3) is 0 Å². The third-order valence-corrected chi connectivity index (χ3v) is 3.07. The molecule has 132 valence electrons. The minimum atomic E-state index is -0.739. The highest BCUT2D eigenvalue weighted by molar-refractivity contribution is 6.39. The monoisotopic (exact) mass is 333 g/mol. The first-order valence-corrected chi connectivity index (χ1v) is 7.89. The molecular formula is C18H27N3O3. The second-order valence-corrected chi connectivity index (χ2v) is 7.79. The number of amides is 3. The van der Waals surface area contributed by atoms with Gasteiger partial charge in [0.2, 0.25) is 5.91 Å². The lowest BCUT2D eigenvalue weighted by atomic mass is 9.82. The molecule has 0 saturated carbocycles. The highest BCUT2D eigenvalue weighted by Crippen LogP contribution is 2.26. The SMILES string of the molecule is CC(=O)Nc1cccc(NC(=O)C(=O)NC(C)(C)CC(C)(C)C)c1. The van der Waals surface area contributed by atoms with E-state index in [4.69, 9.17) is 0 Å². The number of benzene rings is 1. The number of nitrogens with one attached hydrogen (secondary N) is 3. The van der Waals surface area contributed by atoms with Gasteiger partial charge in [-0.3, -0.25) is 14.4 Å². The quantitative estimate of drug-likeness (QED) is 0.740. The lowest BCUT2D eigenvalue weighted by molar-refractivity contribution is -0.137. The molecule has 1 rings (SSSR count). The second kappa shape index (κ2) is 7.47.